The number of nitrogens with one attached hydrogen (secondary N) is 1. The summed E-state index contributed by atoms with van der Waals surface area (Å²) in [5, 5.41) is 5.74. The highest BCUT2D eigenvalue weighted by atomic mass is 32.1. The lowest BCUT2D eigenvalue weighted by Crippen LogP contribution is -2.25. The van der Waals surface area contributed by atoms with Crippen LogP contribution in [0, 0.1) is 5.41 Å². The molecule has 0 spiro atoms. The number of rotatable bonds is 5. The molecule has 2 aromatic rings. The second kappa shape index (κ2) is 6.31. The monoisotopic (exact) mass is 274 g/mol. The highest BCUT2D eigenvalue weighted by Crippen LogP contribution is 2.29. The van der Waals surface area contributed by atoms with Crippen LogP contribution >= 0.6 is 11.3 Å². The summed E-state index contributed by atoms with van der Waals surface area (Å²) >= 11 is 1.65. The maximum absolute atomic E-state index is 4.33. The topological polar surface area (TPSA) is 24.9 Å². The zero-order chi connectivity index (χ0) is 13.7. The van der Waals surface area contributed by atoms with Crippen molar-refractivity contribution in [2.24, 2.45) is 5.41 Å². The van der Waals surface area contributed by atoms with Crippen molar-refractivity contribution in [2.75, 3.05) is 0 Å². The van der Waals surface area contributed by atoms with E-state index < -0.39 is 0 Å². The third kappa shape index (κ3) is 4.77. The maximum Gasteiger partial charge on any atom is 0.0795 e. The molecule has 0 aliphatic carbocycles. The van der Waals surface area contributed by atoms with E-state index in [-0.39, 0.29) is 0 Å². The van der Waals surface area contributed by atoms with E-state index in [4.69, 9.17) is 0 Å². The fourth-order valence-electron chi connectivity index (χ4n) is 2.16. The Bertz CT molecular complexity index is 471. The van der Waals surface area contributed by atoms with E-state index in [1.54, 1.807) is 11.3 Å². The molecule has 3 heteroatoms. The Balaban J connectivity index is 2.06. The summed E-state index contributed by atoms with van der Waals surface area (Å²) in [6, 6.07) is 11.1. The van der Waals surface area contributed by atoms with Gasteiger partial charge in [0, 0.05) is 18.0 Å². The summed E-state index contributed by atoms with van der Waals surface area (Å²) in [5.41, 5.74) is 4.67. The molecule has 2 nitrogen and oxygen atoms in total. The first-order chi connectivity index (χ1) is 9.04. The average molecular weight is 274 g/mol. The van der Waals surface area contributed by atoms with E-state index in [0.29, 0.717) is 11.5 Å². The van der Waals surface area contributed by atoms with E-state index >= 15 is 0 Å². The van der Waals surface area contributed by atoms with Gasteiger partial charge in [0.1, 0.15) is 0 Å². The van der Waals surface area contributed by atoms with E-state index in [9.17, 15) is 0 Å². The van der Waals surface area contributed by atoms with Gasteiger partial charge < -0.3 is 5.32 Å². The van der Waals surface area contributed by atoms with Crippen molar-refractivity contribution in [2.45, 2.75) is 39.8 Å². The predicted octanol–water partition coefficient (Wildman–Crippen LogP) is 4.41. The number of hydrogen-bond donors (Lipinski definition) is 1. The number of aromatic nitrogens is 1. The molecular weight excluding hydrogens is 252 g/mol. The zero-order valence-corrected chi connectivity index (χ0v) is 12.7. The molecule has 2 rings (SSSR count). The summed E-state index contributed by atoms with van der Waals surface area (Å²) in [4.78, 5) is 4.33. The molecule has 0 radical (unpaired) electrons. The van der Waals surface area contributed by atoms with Crippen LogP contribution < -0.4 is 5.32 Å². The molecule has 1 unspecified atom stereocenters. The van der Waals surface area contributed by atoms with Gasteiger partial charge in [0.05, 0.1) is 11.2 Å². The van der Waals surface area contributed by atoms with Crippen molar-refractivity contribution < 1.29 is 0 Å². The molecular formula is C16H22N2S. The molecule has 0 fully saturated rings. The van der Waals surface area contributed by atoms with Gasteiger partial charge in [-0.1, -0.05) is 51.1 Å². The number of thiazole rings is 1. The van der Waals surface area contributed by atoms with E-state index in [1.807, 2.05) is 5.51 Å². The highest BCUT2D eigenvalue weighted by Gasteiger charge is 2.19. The van der Waals surface area contributed by atoms with Crippen LogP contribution in [0.25, 0.3) is 0 Å². The molecule has 1 aromatic heterocycles. The molecule has 19 heavy (non-hydrogen) atoms. The Labute approximate surface area is 119 Å². The van der Waals surface area contributed by atoms with Crippen molar-refractivity contribution in [1.82, 2.24) is 10.3 Å². The SMILES string of the molecule is CC(C)(C)CC(NCc1cscn1)c1ccccc1. The Morgan fingerprint density at radius 2 is 1.95 bits per heavy atom. The predicted molar refractivity (Wildman–Crippen MR) is 82.2 cm³/mol. The van der Waals surface area contributed by atoms with Crippen LogP contribution in [0.15, 0.2) is 41.2 Å². The van der Waals surface area contributed by atoms with E-state index in [2.05, 4.69) is 66.8 Å². The lowest BCUT2D eigenvalue weighted by molar-refractivity contribution is 0.309. The average Bonchev–Trinajstić information content (AvgIpc) is 2.87. The van der Waals surface area contributed by atoms with Gasteiger partial charge in [-0.3, -0.25) is 0 Å². The Morgan fingerprint density at radius 1 is 1.21 bits per heavy atom. The first-order valence-electron chi connectivity index (χ1n) is 6.70. The summed E-state index contributed by atoms with van der Waals surface area (Å²) in [5.74, 6) is 0. The third-order valence-electron chi connectivity index (χ3n) is 3.03. The standard InChI is InChI=1S/C16H22N2S/c1-16(2,3)9-15(13-7-5-4-6-8-13)17-10-14-11-19-12-18-14/h4-8,11-12,15,17H,9-10H2,1-3H3. The molecule has 0 bridgehead atoms. The van der Waals surface area contributed by atoms with Gasteiger partial charge in [0.15, 0.2) is 0 Å². The molecule has 1 aromatic carbocycles. The van der Waals surface area contributed by atoms with Gasteiger partial charge in [-0.2, -0.15) is 0 Å². The molecule has 102 valence electrons. The molecule has 0 aliphatic heterocycles. The Morgan fingerprint density at radius 3 is 2.53 bits per heavy atom. The van der Waals surface area contributed by atoms with Crippen molar-refractivity contribution in [3.63, 3.8) is 0 Å². The van der Waals surface area contributed by atoms with Crippen LogP contribution in [0.4, 0.5) is 0 Å². The minimum atomic E-state index is 0.301. The molecule has 1 heterocycles. The van der Waals surface area contributed by atoms with Gasteiger partial charge in [-0.25, -0.2) is 4.98 Å². The van der Waals surface area contributed by atoms with Gasteiger partial charge in [-0.05, 0) is 17.4 Å². The second-order valence-corrected chi connectivity index (χ2v) is 6.81. The highest BCUT2D eigenvalue weighted by molar-refractivity contribution is 7.07. The van der Waals surface area contributed by atoms with Crippen LogP contribution in [0.5, 0.6) is 0 Å². The third-order valence-corrected chi connectivity index (χ3v) is 3.67. The summed E-state index contributed by atoms with van der Waals surface area (Å²) in [6.07, 6.45) is 1.11. The smallest absolute Gasteiger partial charge is 0.0795 e. The van der Waals surface area contributed by atoms with Crippen molar-refractivity contribution in [3.05, 3.63) is 52.5 Å². The van der Waals surface area contributed by atoms with E-state index in [1.165, 1.54) is 5.56 Å². The second-order valence-electron chi connectivity index (χ2n) is 6.09. The normalized spacial score (nSPS) is 13.4. The maximum atomic E-state index is 4.33. The summed E-state index contributed by atoms with van der Waals surface area (Å²) in [6.45, 7) is 7.69. The number of hydrogen-bond acceptors (Lipinski definition) is 3. The molecule has 1 atom stereocenters. The molecule has 1 N–H and O–H groups in total. The first kappa shape index (κ1) is 14.2. The minimum absolute atomic E-state index is 0.301. The minimum Gasteiger partial charge on any atom is -0.304 e. The largest absolute Gasteiger partial charge is 0.304 e. The van der Waals surface area contributed by atoms with Crippen molar-refractivity contribution in [3.8, 4) is 0 Å². The van der Waals surface area contributed by atoms with Crippen LogP contribution in [0.2, 0.25) is 0 Å². The summed E-state index contributed by atoms with van der Waals surface area (Å²) < 4.78 is 0. The lowest BCUT2D eigenvalue weighted by Gasteiger charge is -2.27. The zero-order valence-electron chi connectivity index (χ0n) is 11.9. The molecule has 0 aliphatic rings. The Hall–Kier alpha value is -1.19. The fraction of sp³-hybridized carbons (Fsp3) is 0.438. The van der Waals surface area contributed by atoms with Crippen molar-refractivity contribution >= 4 is 11.3 Å². The van der Waals surface area contributed by atoms with Crippen LogP contribution in [-0.4, -0.2) is 4.98 Å². The van der Waals surface area contributed by atoms with Gasteiger partial charge in [0.25, 0.3) is 0 Å². The molecule has 0 saturated heterocycles. The molecule has 0 saturated carbocycles. The summed E-state index contributed by atoms with van der Waals surface area (Å²) in [7, 11) is 0. The van der Waals surface area contributed by atoms with Crippen LogP contribution in [0.1, 0.15) is 44.5 Å². The quantitative estimate of drug-likeness (QED) is 0.873. The molecule has 0 amide bonds. The van der Waals surface area contributed by atoms with Gasteiger partial charge >= 0.3 is 0 Å². The van der Waals surface area contributed by atoms with E-state index in [0.717, 1.165) is 18.7 Å². The van der Waals surface area contributed by atoms with Gasteiger partial charge in [-0.15, -0.1) is 11.3 Å². The van der Waals surface area contributed by atoms with Crippen molar-refractivity contribution in [1.29, 1.82) is 0 Å². The number of nitrogens with zero attached hydrogens (tertiary/aromatic N) is 1. The lowest BCUT2D eigenvalue weighted by atomic mass is 9.85. The van der Waals surface area contributed by atoms with Crippen LogP contribution in [0.3, 0.4) is 0 Å². The van der Waals surface area contributed by atoms with Gasteiger partial charge in [0.2, 0.25) is 0 Å². The van der Waals surface area contributed by atoms with Crippen LogP contribution in [-0.2, 0) is 6.54 Å². The fourth-order valence-corrected chi connectivity index (χ4v) is 2.72. The number of benzene rings is 1. The Kier molecular flexibility index (Phi) is 4.72. The first-order valence-corrected chi connectivity index (χ1v) is 7.64.